The molecule has 0 saturated carbocycles. The van der Waals surface area contributed by atoms with Crippen molar-refractivity contribution >= 4 is 0 Å². The molecule has 1 N–H and O–H groups in total. The molecule has 0 amide bonds. The van der Waals surface area contributed by atoms with Crippen molar-refractivity contribution in [1.82, 2.24) is 10.2 Å². The zero-order valence-electron chi connectivity index (χ0n) is 13.9. The molecule has 3 atom stereocenters. The van der Waals surface area contributed by atoms with Gasteiger partial charge in [0.05, 0.1) is 0 Å². The molecule has 1 rings (SSSR count). The van der Waals surface area contributed by atoms with Gasteiger partial charge >= 0.3 is 0 Å². The van der Waals surface area contributed by atoms with Gasteiger partial charge in [-0.2, -0.15) is 0 Å². The first-order chi connectivity index (χ1) is 9.04. The molecule has 0 bridgehead atoms. The van der Waals surface area contributed by atoms with Crippen molar-refractivity contribution in [3.8, 4) is 0 Å². The Labute approximate surface area is 121 Å². The fraction of sp³-hybridized carbons (Fsp3) is 1.00. The lowest BCUT2D eigenvalue weighted by atomic mass is 9.89. The van der Waals surface area contributed by atoms with Gasteiger partial charge in [-0.15, -0.1) is 0 Å². The predicted molar refractivity (Wildman–Crippen MR) is 85.6 cm³/mol. The Bertz CT molecular complexity index is 227. The molecule has 0 aliphatic carbocycles. The third kappa shape index (κ3) is 6.27. The average molecular weight is 268 g/mol. The topological polar surface area (TPSA) is 15.3 Å². The Kier molecular flexibility index (Phi) is 8.01. The van der Waals surface area contributed by atoms with Crippen LogP contribution in [-0.2, 0) is 0 Å². The fourth-order valence-electron chi connectivity index (χ4n) is 3.29. The minimum atomic E-state index is 0.669. The zero-order valence-corrected chi connectivity index (χ0v) is 13.9. The molecule has 1 aliphatic rings. The third-order valence-corrected chi connectivity index (χ3v) is 4.86. The van der Waals surface area contributed by atoms with Crippen LogP contribution in [-0.4, -0.2) is 36.6 Å². The van der Waals surface area contributed by atoms with E-state index in [1.807, 2.05) is 0 Å². The monoisotopic (exact) mass is 268 g/mol. The SMILES string of the molecule is CCCC(C)NCC(C)N1CCCC(C(C)C)CC1. The van der Waals surface area contributed by atoms with E-state index in [-0.39, 0.29) is 0 Å². The average Bonchev–Trinajstić information content (AvgIpc) is 2.62. The van der Waals surface area contributed by atoms with Crippen molar-refractivity contribution < 1.29 is 0 Å². The molecule has 0 aromatic heterocycles. The van der Waals surface area contributed by atoms with E-state index in [0.29, 0.717) is 12.1 Å². The van der Waals surface area contributed by atoms with Gasteiger partial charge in [-0.1, -0.05) is 27.2 Å². The van der Waals surface area contributed by atoms with Crippen molar-refractivity contribution in [2.45, 2.75) is 78.8 Å². The van der Waals surface area contributed by atoms with E-state index in [0.717, 1.165) is 18.4 Å². The van der Waals surface area contributed by atoms with Gasteiger partial charge in [0.25, 0.3) is 0 Å². The van der Waals surface area contributed by atoms with E-state index in [4.69, 9.17) is 0 Å². The van der Waals surface area contributed by atoms with Crippen LogP contribution in [0.1, 0.15) is 66.7 Å². The molecule has 1 fully saturated rings. The van der Waals surface area contributed by atoms with Gasteiger partial charge in [-0.05, 0) is 64.5 Å². The van der Waals surface area contributed by atoms with Crippen LogP contribution < -0.4 is 5.32 Å². The Morgan fingerprint density at radius 2 is 1.84 bits per heavy atom. The number of hydrogen-bond donors (Lipinski definition) is 1. The molecule has 2 nitrogen and oxygen atoms in total. The van der Waals surface area contributed by atoms with Crippen LogP contribution in [0.2, 0.25) is 0 Å². The molecule has 0 radical (unpaired) electrons. The highest BCUT2D eigenvalue weighted by atomic mass is 15.2. The molecule has 0 aromatic rings. The molecular weight excluding hydrogens is 232 g/mol. The van der Waals surface area contributed by atoms with Gasteiger partial charge in [-0.25, -0.2) is 0 Å². The van der Waals surface area contributed by atoms with Gasteiger partial charge in [0.15, 0.2) is 0 Å². The molecule has 2 heteroatoms. The summed E-state index contributed by atoms with van der Waals surface area (Å²) in [6, 6.07) is 1.35. The minimum absolute atomic E-state index is 0.669. The third-order valence-electron chi connectivity index (χ3n) is 4.86. The lowest BCUT2D eigenvalue weighted by Crippen LogP contribution is -2.43. The molecule has 1 heterocycles. The number of likely N-dealkylation sites (tertiary alicyclic amines) is 1. The molecule has 3 unspecified atom stereocenters. The van der Waals surface area contributed by atoms with Crippen LogP contribution in [0.4, 0.5) is 0 Å². The smallest absolute Gasteiger partial charge is 0.0192 e. The summed E-state index contributed by atoms with van der Waals surface area (Å²) >= 11 is 0. The summed E-state index contributed by atoms with van der Waals surface area (Å²) in [7, 11) is 0. The predicted octanol–water partition coefficient (Wildman–Crippen LogP) is 3.91. The second-order valence-electron chi connectivity index (χ2n) is 6.92. The maximum atomic E-state index is 3.69. The van der Waals surface area contributed by atoms with Gasteiger partial charge in [-0.3, -0.25) is 4.90 Å². The van der Waals surface area contributed by atoms with E-state index in [2.05, 4.69) is 44.8 Å². The summed E-state index contributed by atoms with van der Waals surface area (Å²) in [6.45, 7) is 15.5. The fourth-order valence-corrected chi connectivity index (χ4v) is 3.29. The van der Waals surface area contributed by atoms with Crippen LogP contribution >= 0.6 is 0 Å². The molecule has 19 heavy (non-hydrogen) atoms. The van der Waals surface area contributed by atoms with E-state index >= 15 is 0 Å². The van der Waals surface area contributed by atoms with Crippen LogP contribution in [0.5, 0.6) is 0 Å². The van der Waals surface area contributed by atoms with E-state index < -0.39 is 0 Å². The number of rotatable bonds is 7. The largest absolute Gasteiger partial charge is 0.313 e. The first-order valence-corrected chi connectivity index (χ1v) is 8.52. The highest BCUT2D eigenvalue weighted by Gasteiger charge is 2.22. The number of nitrogens with zero attached hydrogens (tertiary/aromatic N) is 1. The van der Waals surface area contributed by atoms with Crippen molar-refractivity contribution in [3.63, 3.8) is 0 Å². The van der Waals surface area contributed by atoms with E-state index in [9.17, 15) is 0 Å². The number of hydrogen-bond acceptors (Lipinski definition) is 2. The van der Waals surface area contributed by atoms with Crippen molar-refractivity contribution in [3.05, 3.63) is 0 Å². The molecular formula is C17H36N2. The van der Waals surface area contributed by atoms with Crippen molar-refractivity contribution in [1.29, 1.82) is 0 Å². The second-order valence-corrected chi connectivity index (χ2v) is 6.92. The Morgan fingerprint density at radius 3 is 2.47 bits per heavy atom. The van der Waals surface area contributed by atoms with Crippen LogP contribution in [0.15, 0.2) is 0 Å². The van der Waals surface area contributed by atoms with Crippen LogP contribution in [0.3, 0.4) is 0 Å². The summed E-state index contributed by atoms with van der Waals surface area (Å²) in [6.07, 6.45) is 6.79. The highest BCUT2D eigenvalue weighted by Crippen LogP contribution is 2.25. The standard InChI is InChI=1S/C17H36N2/c1-6-8-15(4)18-13-16(5)19-11-7-9-17(10-12-19)14(2)3/h14-18H,6-13H2,1-5H3. The van der Waals surface area contributed by atoms with E-state index in [1.54, 1.807) is 0 Å². The number of nitrogens with one attached hydrogen (secondary N) is 1. The van der Waals surface area contributed by atoms with Crippen molar-refractivity contribution in [2.75, 3.05) is 19.6 Å². The summed E-state index contributed by atoms with van der Waals surface area (Å²) in [5, 5.41) is 3.69. The van der Waals surface area contributed by atoms with E-state index in [1.165, 1.54) is 45.2 Å². The molecule has 114 valence electrons. The Hall–Kier alpha value is -0.0800. The molecule has 1 aliphatic heterocycles. The van der Waals surface area contributed by atoms with Crippen molar-refractivity contribution in [2.24, 2.45) is 11.8 Å². The molecule has 0 spiro atoms. The quantitative estimate of drug-likeness (QED) is 0.753. The molecule has 0 aromatic carbocycles. The minimum Gasteiger partial charge on any atom is -0.313 e. The lowest BCUT2D eigenvalue weighted by molar-refractivity contribution is 0.202. The van der Waals surface area contributed by atoms with Gasteiger partial charge in [0.2, 0.25) is 0 Å². The zero-order chi connectivity index (χ0) is 14.3. The van der Waals surface area contributed by atoms with Crippen LogP contribution in [0, 0.1) is 11.8 Å². The summed E-state index contributed by atoms with van der Waals surface area (Å²) < 4.78 is 0. The van der Waals surface area contributed by atoms with Gasteiger partial charge in [0.1, 0.15) is 0 Å². The maximum absolute atomic E-state index is 3.69. The van der Waals surface area contributed by atoms with Gasteiger partial charge in [0, 0.05) is 18.6 Å². The summed E-state index contributed by atoms with van der Waals surface area (Å²) in [4.78, 5) is 2.70. The summed E-state index contributed by atoms with van der Waals surface area (Å²) in [5.74, 6) is 1.81. The summed E-state index contributed by atoms with van der Waals surface area (Å²) in [5.41, 5.74) is 0. The first kappa shape index (κ1) is 17.0. The normalized spacial score (nSPS) is 25.3. The van der Waals surface area contributed by atoms with Crippen LogP contribution in [0.25, 0.3) is 0 Å². The first-order valence-electron chi connectivity index (χ1n) is 8.52. The maximum Gasteiger partial charge on any atom is 0.0192 e. The lowest BCUT2D eigenvalue weighted by Gasteiger charge is -2.29. The Morgan fingerprint density at radius 1 is 1.11 bits per heavy atom. The highest BCUT2D eigenvalue weighted by molar-refractivity contribution is 4.77. The second kappa shape index (κ2) is 8.97. The van der Waals surface area contributed by atoms with Gasteiger partial charge < -0.3 is 5.32 Å². The Balaban J connectivity index is 2.30. The molecule has 1 saturated heterocycles.